The fourth-order valence-electron chi connectivity index (χ4n) is 4.17. The molecule has 4 heteroatoms. The highest BCUT2D eigenvalue weighted by Gasteiger charge is 2.35. The van der Waals surface area contributed by atoms with Gasteiger partial charge in [0.2, 0.25) is 0 Å². The maximum Gasteiger partial charge on any atom is 0.328 e. The van der Waals surface area contributed by atoms with Crippen LogP contribution in [0, 0.1) is 0 Å². The van der Waals surface area contributed by atoms with E-state index in [4.69, 9.17) is 4.74 Å². The van der Waals surface area contributed by atoms with Crippen molar-refractivity contribution in [3.8, 4) is 0 Å². The lowest BCUT2D eigenvalue weighted by Crippen LogP contribution is -2.40. The molecule has 1 atom stereocenters. The molecule has 0 aromatic heterocycles. The summed E-state index contributed by atoms with van der Waals surface area (Å²) in [5, 5.41) is 0. The van der Waals surface area contributed by atoms with Crippen LogP contribution in [0.5, 0.6) is 0 Å². The van der Waals surface area contributed by atoms with Crippen molar-refractivity contribution in [3.05, 3.63) is 58.7 Å². The molecule has 1 unspecified atom stereocenters. The molecule has 0 aliphatic heterocycles. The Labute approximate surface area is 168 Å². The van der Waals surface area contributed by atoms with Crippen LogP contribution in [0.15, 0.2) is 47.6 Å². The van der Waals surface area contributed by atoms with Crippen LogP contribution in [0.2, 0.25) is 0 Å². The first-order valence-electron chi connectivity index (χ1n) is 9.86. The summed E-state index contributed by atoms with van der Waals surface area (Å²) in [6, 6.07) is 6.19. The lowest BCUT2D eigenvalue weighted by molar-refractivity contribution is -0.462. The Balaban J connectivity index is 2.10. The summed E-state index contributed by atoms with van der Waals surface area (Å²) in [4.78, 5) is 14.2. The Hall–Kier alpha value is -2.62. The molecule has 4 nitrogen and oxygen atoms in total. The molecule has 3 rings (SSSR count). The van der Waals surface area contributed by atoms with Gasteiger partial charge in [-0.15, -0.1) is 0 Å². The van der Waals surface area contributed by atoms with Crippen molar-refractivity contribution >= 4 is 23.4 Å². The minimum atomic E-state index is -0.323. The molecule has 0 saturated heterocycles. The maximum absolute atomic E-state index is 12.1. The van der Waals surface area contributed by atoms with E-state index in [9.17, 15) is 4.79 Å². The van der Waals surface area contributed by atoms with Crippen LogP contribution in [0.1, 0.15) is 38.8 Å². The van der Waals surface area contributed by atoms with Gasteiger partial charge in [0.25, 0.3) is 0 Å². The van der Waals surface area contributed by atoms with Gasteiger partial charge >= 0.3 is 5.97 Å². The molecule has 0 amide bonds. The number of hydrogen-bond donors (Lipinski definition) is 0. The second-order valence-corrected chi connectivity index (χ2v) is 8.19. The van der Waals surface area contributed by atoms with E-state index in [2.05, 4.69) is 86.8 Å². The molecule has 2 aliphatic rings. The molecular weight excluding hydrogens is 348 g/mol. The maximum atomic E-state index is 12.1. The Kier molecular flexibility index (Phi) is 5.33. The van der Waals surface area contributed by atoms with Gasteiger partial charge in [-0.2, -0.15) is 0 Å². The van der Waals surface area contributed by atoms with Gasteiger partial charge in [-0.25, -0.2) is 9.37 Å². The molecule has 0 saturated carbocycles. The van der Waals surface area contributed by atoms with E-state index in [1.807, 2.05) is 6.92 Å². The van der Waals surface area contributed by atoms with E-state index >= 15 is 0 Å². The molecule has 0 bridgehead atoms. The second kappa shape index (κ2) is 7.42. The van der Waals surface area contributed by atoms with Gasteiger partial charge in [-0.3, -0.25) is 0 Å². The fourth-order valence-corrected chi connectivity index (χ4v) is 4.17. The topological polar surface area (TPSA) is 32.5 Å². The summed E-state index contributed by atoms with van der Waals surface area (Å²) < 4.78 is 7.10. The van der Waals surface area contributed by atoms with E-state index in [1.54, 1.807) is 0 Å². The van der Waals surface area contributed by atoms with Gasteiger partial charge in [0, 0.05) is 29.8 Å². The van der Waals surface area contributed by atoms with Crippen molar-refractivity contribution < 1.29 is 14.1 Å². The molecule has 1 aromatic carbocycles. The van der Waals surface area contributed by atoms with Crippen molar-refractivity contribution in [3.63, 3.8) is 0 Å². The number of likely N-dealkylation sites (N-methyl/N-ethyl adjacent to an activating group) is 1. The quantitative estimate of drug-likeness (QED) is 0.586. The molecule has 0 spiro atoms. The third-order valence-electron chi connectivity index (χ3n) is 5.93. The zero-order chi connectivity index (χ0) is 20.6. The van der Waals surface area contributed by atoms with Crippen molar-refractivity contribution in [2.75, 3.05) is 32.6 Å². The number of hydrogen-bond acceptors (Lipinski definition) is 3. The van der Waals surface area contributed by atoms with Gasteiger partial charge in [0.05, 0.1) is 7.11 Å². The van der Waals surface area contributed by atoms with E-state index in [0.29, 0.717) is 0 Å². The van der Waals surface area contributed by atoms with Crippen LogP contribution in [0.4, 0.5) is 5.69 Å². The number of carbonyl (C=O) groups is 1. The summed E-state index contributed by atoms with van der Waals surface area (Å²) in [5.74, 6) is -0.216. The Bertz CT molecular complexity index is 928. The highest BCUT2D eigenvalue weighted by Crippen LogP contribution is 2.45. The number of rotatable bonds is 4. The predicted molar refractivity (Wildman–Crippen MR) is 116 cm³/mol. The van der Waals surface area contributed by atoms with Gasteiger partial charge < -0.3 is 9.64 Å². The zero-order valence-corrected chi connectivity index (χ0v) is 18.0. The number of nitrogens with zero attached hydrogens (tertiary/aromatic N) is 2. The summed E-state index contributed by atoms with van der Waals surface area (Å²) >= 11 is 0. The van der Waals surface area contributed by atoms with Crippen LogP contribution in [-0.2, 0) is 14.9 Å². The molecule has 0 fully saturated rings. The largest absolute Gasteiger partial charge is 0.467 e. The van der Waals surface area contributed by atoms with Crippen LogP contribution < -0.4 is 4.90 Å². The lowest BCUT2D eigenvalue weighted by Gasteiger charge is -2.37. The second-order valence-electron chi connectivity index (χ2n) is 8.19. The smallest absolute Gasteiger partial charge is 0.328 e. The Morgan fingerprint density at radius 1 is 1.21 bits per heavy atom. The van der Waals surface area contributed by atoms with Crippen LogP contribution in [0.3, 0.4) is 0 Å². The van der Waals surface area contributed by atoms with Crippen molar-refractivity contribution in [2.24, 2.45) is 0 Å². The third kappa shape index (κ3) is 3.32. The van der Waals surface area contributed by atoms with Crippen molar-refractivity contribution in [1.29, 1.82) is 0 Å². The lowest BCUT2D eigenvalue weighted by atomic mass is 9.67. The monoisotopic (exact) mass is 379 g/mol. The van der Waals surface area contributed by atoms with Crippen LogP contribution >= 0.6 is 0 Å². The molecule has 1 aromatic rings. The van der Waals surface area contributed by atoms with E-state index in [-0.39, 0.29) is 17.4 Å². The molecule has 0 N–H and O–H groups in total. The third-order valence-corrected chi connectivity index (χ3v) is 5.93. The standard InChI is InChI=1S/C24H31N2O2/c1-8-26(16(2)23(27)28-7)20-12-10-18-13-17-9-11-19(25(5)6)14-21(17)24(3,4)22(18)15-20/h9-16H,8H2,1-7H3/q+1. The normalized spacial score (nSPS) is 17.8. The first-order chi connectivity index (χ1) is 13.2. The van der Waals surface area contributed by atoms with Gasteiger partial charge in [0.15, 0.2) is 5.71 Å². The number of allylic oxidation sites excluding steroid dienone is 5. The highest BCUT2D eigenvalue weighted by atomic mass is 16.5. The fraction of sp³-hybridized carbons (Fsp3) is 0.417. The van der Waals surface area contributed by atoms with E-state index < -0.39 is 0 Å². The SMILES string of the molecule is CCN(c1ccc2c(c1)C(C)(C)C1=CC(=[N+](C)C)C=CC1=C2)C(C)C(=O)OC. The minimum Gasteiger partial charge on any atom is -0.467 e. The zero-order valence-electron chi connectivity index (χ0n) is 18.0. The Morgan fingerprint density at radius 2 is 1.93 bits per heavy atom. The van der Waals surface area contributed by atoms with Gasteiger partial charge in [-0.1, -0.05) is 19.9 Å². The molecule has 0 heterocycles. The number of esters is 1. The number of ether oxygens (including phenoxy) is 1. The minimum absolute atomic E-state index is 0.130. The molecule has 148 valence electrons. The molecule has 2 aliphatic carbocycles. The first-order valence-corrected chi connectivity index (χ1v) is 9.86. The number of fused-ring (bicyclic) bond motifs is 2. The predicted octanol–water partition coefficient (Wildman–Crippen LogP) is 3.96. The molecule has 0 radical (unpaired) electrons. The molecule has 28 heavy (non-hydrogen) atoms. The Morgan fingerprint density at radius 3 is 2.54 bits per heavy atom. The van der Waals surface area contributed by atoms with Crippen LogP contribution in [-0.4, -0.2) is 50.0 Å². The summed E-state index contributed by atoms with van der Waals surface area (Å²) in [7, 11) is 5.58. The first kappa shape index (κ1) is 20.1. The van der Waals surface area contributed by atoms with E-state index in [0.717, 1.165) is 12.2 Å². The summed E-state index contributed by atoms with van der Waals surface area (Å²) in [6.45, 7) is 9.25. The van der Waals surface area contributed by atoms with E-state index in [1.165, 1.54) is 35.1 Å². The number of benzene rings is 1. The number of anilines is 1. The average molecular weight is 380 g/mol. The highest BCUT2D eigenvalue weighted by molar-refractivity contribution is 6.04. The average Bonchev–Trinajstić information content (AvgIpc) is 2.68. The number of methoxy groups -OCH3 is 1. The van der Waals surface area contributed by atoms with Gasteiger partial charge in [0.1, 0.15) is 20.1 Å². The van der Waals surface area contributed by atoms with Crippen molar-refractivity contribution in [2.45, 2.75) is 39.2 Å². The number of carbonyl (C=O) groups excluding carboxylic acids is 1. The summed E-state index contributed by atoms with van der Waals surface area (Å²) in [5.41, 5.74) is 7.24. The molecular formula is C24H31N2O2+. The van der Waals surface area contributed by atoms with Crippen molar-refractivity contribution in [1.82, 2.24) is 0 Å². The summed E-state index contributed by atoms with van der Waals surface area (Å²) in [6.07, 6.45) is 8.93. The van der Waals surface area contributed by atoms with Crippen LogP contribution in [0.25, 0.3) is 6.08 Å². The van der Waals surface area contributed by atoms with Gasteiger partial charge in [-0.05, 0) is 60.4 Å².